The predicted octanol–water partition coefficient (Wildman–Crippen LogP) is 6.53. The number of aryl methyl sites for hydroxylation is 1. The zero-order chi connectivity index (χ0) is 24.9. The molecule has 0 radical (unpaired) electrons. The van der Waals surface area contributed by atoms with Crippen LogP contribution in [0.5, 0.6) is 5.75 Å². The van der Waals surface area contributed by atoms with Crippen LogP contribution in [-0.4, -0.2) is 33.0 Å². The van der Waals surface area contributed by atoms with Crippen LogP contribution in [-0.2, 0) is 4.79 Å². The van der Waals surface area contributed by atoms with Gasteiger partial charge in [0.05, 0.1) is 12.4 Å². The Kier molecular flexibility index (Phi) is 7.00. The van der Waals surface area contributed by atoms with Gasteiger partial charge in [0.15, 0.2) is 11.0 Å². The van der Waals surface area contributed by atoms with Gasteiger partial charge >= 0.3 is 0 Å². The highest BCUT2D eigenvalue weighted by molar-refractivity contribution is 7.99. The molecule has 0 bridgehead atoms. The van der Waals surface area contributed by atoms with Gasteiger partial charge in [-0.15, -0.1) is 10.2 Å². The molecule has 0 atom stereocenters. The molecule has 1 N–H and O–H groups in total. The molecular weight excluding hydrogens is 468 g/mol. The molecular formula is C29H26N4O2S. The number of carbonyl (C=O) groups excluding carboxylic acids is 1. The van der Waals surface area contributed by atoms with Crippen molar-refractivity contribution in [3.8, 4) is 22.8 Å². The Balaban J connectivity index is 1.41. The van der Waals surface area contributed by atoms with Gasteiger partial charge in [-0.2, -0.15) is 0 Å². The third-order valence-corrected chi connectivity index (χ3v) is 6.67. The van der Waals surface area contributed by atoms with Gasteiger partial charge in [-0.25, -0.2) is 0 Å². The first-order chi connectivity index (χ1) is 17.6. The standard InChI is InChI=1S/C29H26N4O2S/c1-3-35-24-17-15-23(16-18-24)33-28(22-13-11-20(2)12-14-22)31-32-29(33)36-19-27(34)30-26-10-6-8-21-7-4-5-9-25(21)26/h4-18H,3,19H2,1-2H3,(H,30,34). The van der Waals surface area contributed by atoms with E-state index in [9.17, 15) is 4.79 Å². The summed E-state index contributed by atoms with van der Waals surface area (Å²) in [6, 6.07) is 29.9. The number of rotatable bonds is 8. The molecule has 5 rings (SSSR count). The molecule has 0 saturated heterocycles. The number of benzene rings is 4. The summed E-state index contributed by atoms with van der Waals surface area (Å²) in [4.78, 5) is 12.9. The number of fused-ring (bicyclic) bond motifs is 1. The minimum Gasteiger partial charge on any atom is -0.494 e. The number of thioether (sulfide) groups is 1. The molecule has 180 valence electrons. The van der Waals surface area contributed by atoms with E-state index >= 15 is 0 Å². The molecule has 0 unspecified atom stereocenters. The van der Waals surface area contributed by atoms with E-state index in [1.54, 1.807) is 0 Å². The maximum Gasteiger partial charge on any atom is 0.234 e. The Morgan fingerprint density at radius 3 is 2.44 bits per heavy atom. The molecule has 0 aliphatic rings. The van der Waals surface area contributed by atoms with E-state index in [1.807, 2.05) is 90.4 Å². The van der Waals surface area contributed by atoms with Crippen LogP contribution in [0.4, 0.5) is 5.69 Å². The van der Waals surface area contributed by atoms with Crippen LogP contribution in [0.1, 0.15) is 12.5 Å². The van der Waals surface area contributed by atoms with Gasteiger partial charge in [0.1, 0.15) is 5.75 Å². The van der Waals surface area contributed by atoms with Gasteiger partial charge in [0, 0.05) is 22.3 Å². The molecule has 0 aliphatic heterocycles. The molecule has 36 heavy (non-hydrogen) atoms. The number of hydrogen-bond acceptors (Lipinski definition) is 5. The van der Waals surface area contributed by atoms with E-state index in [1.165, 1.54) is 17.3 Å². The second kappa shape index (κ2) is 10.7. The van der Waals surface area contributed by atoms with Crippen molar-refractivity contribution in [1.29, 1.82) is 0 Å². The second-order valence-corrected chi connectivity index (χ2v) is 9.24. The quantitative estimate of drug-likeness (QED) is 0.249. The smallest absolute Gasteiger partial charge is 0.234 e. The summed E-state index contributed by atoms with van der Waals surface area (Å²) in [5, 5.41) is 14.7. The average Bonchev–Trinajstić information content (AvgIpc) is 3.33. The lowest BCUT2D eigenvalue weighted by molar-refractivity contribution is -0.113. The largest absolute Gasteiger partial charge is 0.494 e. The lowest BCUT2D eigenvalue weighted by Crippen LogP contribution is -2.14. The summed E-state index contributed by atoms with van der Waals surface area (Å²) in [5.74, 6) is 1.62. The highest BCUT2D eigenvalue weighted by Crippen LogP contribution is 2.30. The monoisotopic (exact) mass is 494 g/mol. The van der Waals surface area contributed by atoms with Crippen molar-refractivity contribution >= 4 is 34.1 Å². The molecule has 4 aromatic carbocycles. The Hall–Kier alpha value is -4.10. The van der Waals surface area contributed by atoms with Crippen LogP contribution in [0.3, 0.4) is 0 Å². The van der Waals surface area contributed by atoms with Crippen LogP contribution in [0.25, 0.3) is 27.8 Å². The van der Waals surface area contributed by atoms with E-state index in [0.717, 1.165) is 39.3 Å². The summed E-state index contributed by atoms with van der Waals surface area (Å²) >= 11 is 1.35. The number of nitrogens with one attached hydrogen (secondary N) is 1. The van der Waals surface area contributed by atoms with Crippen molar-refractivity contribution in [3.05, 3.63) is 96.6 Å². The SMILES string of the molecule is CCOc1ccc(-n2c(SCC(=O)Nc3cccc4ccccc34)nnc2-c2ccc(C)cc2)cc1. The van der Waals surface area contributed by atoms with Gasteiger partial charge in [-0.1, -0.05) is 78.0 Å². The molecule has 0 fully saturated rings. The minimum atomic E-state index is -0.102. The normalized spacial score (nSPS) is 10.9. The highest BCUT2D eigenvalue weighted by Gasteiger charge is 2.18. The van der Waals surface area contributed by atoms with E-state index < -0.39 is 0 Å². The van der Waals surface area contributed by atoms with Crippen molar-refractivity contribution in [3.63, 3.8) is 0 Å². The van der Waals surface area contributed by atoms with Crippen molar-refractivity contribution in [2.24, 2.45) is 0 Å². The number of amides is 1. The third kappa shape index (κ3) is 5.11. The Labute approximate surface area is 214 Å². The lowest BCUT2D eigenvalue weighted by atomic mass is 10.1. The summed E-state index contributed by atoms with van der Waals surface area (Å²) in [6.45, 7) is 4.62. The highest BCUT2D eigenvalue weighted by atomic mass is 32.2. The first-order valence-electron chi connectivity index (χ1n) is 11.8. The minimum absolute atomic E-state index is 0.102. The molecule has 0 spiro atoms. The number of hydrogen-bond donors (Lipinski definition) is 1. The van der Waals surface area contributed by atoms with Crippen LogP contribution >= 0.6 is 11.8 Å². The maximum absolute atomic E-state index is 12.9. The van der Waals surface area contributed by atoms with E-state index in [-0.39, 0.29) is 11.7 Å². The Bertz CT molecular complexity index is 1490. The molecule has 1 heterocycles. The predicted molar refractivity (Wildman–Crippen MR) is 146 cm³/mol. The molecule has 7 heteroatoms. The van der Waals surface area contributed by atoms with Gasteiger partial charge < -0.3 is 10.1 Å². The fraction of sp³-hybridized carbons (Fsp3) is 0.138. The molecule has 5 aromatic rings. The number of aromatic nitrogens is 3. The van der Waals surface area contributed by atoms with Gasteiger partial charge in [0.25, 0.3) is 0 Å². The second-order valence-electron chi connectivity index (χ2n) is 8.30. The zero-order valence-corrected chi connectivity index (χ0v) is 21.0. The average molecular weight is 495 g/mol. The van der Waals surface area contributed by atoms with Crippen LogP contribution in [0, 0.1) is 6.92 Å². The van der Waals surface area contributed by atoms with E-state index in [0.29, 0.717) is 11.8 Å². The Morgan fingerprint density at radius 1 is 0.917 bits per heavy atom. The summed E-state index contributed by atoms with van der Waals surface area (Å²) in [5.41, 5.74) is 3.82. The molecule has 1 amide bonds. The Morgan fingerprint density at radius 2 is 1.67 bits per heavy atom. The fourth-order valence-corrected chi connectivity index (χ4v) is 4.75. The molecule has 6 nitrogen and oxygen atoms in total. The van der Waals surface area contributed by atoms with Crippen LogP contribution < -0.4 is 10.1 Å². The van der Waals surface area contributed by atoms with Crippen molar-refractivity contribution < 1.29 is 9.53 Å². The number of ether oxygens (including phenoxy) is 1. The first kappa shape index (κ1) is 23.6. The molecule has 1 aromatic heterocycles. The van der Waals surface area contributed by atoms with Gasteiger partial charge in [-0.3, -0.25) is 9.36 Å². The van der Waals surface area contributed by atoms with E-state index in [4.69, 9.17) is 4.74 Å². The number of anilines is 1. The summed E-state index contributed by atoms with van der Waals surface area (Å²) < 4.78 is 7.59. The van der Waals surface area contributed by atoms with Gasteiger partial charge in [0.2, 0.25) is 5.91 Å². The lowest BCUT2D eigenvalue weighted by Gasteiger charge is -2.12. The zero-order valence-electron chi connectivity index (χ0n) is 20.1. The fourth-order valence-electron chi connectivity index (χ4n) is 3.99. The topological polar surface area (TPSA) is 69.0 Å². The van der Waals surface area contributed by atoms with Crippen molar-refractivity contribution in [2.45, 2.75) is 19.0 Å². The summed E-state index contributed by atoms with van der Waals surface area (Å²) in [6.07, 6.45) is 0. The van der Waals surface area contributed by atoms with Gasteiger partial charge in [-0.05, 0) is 49.6 Å². The number of carbonyl (C=O) groups is 1. The maximum atomic E-state index is 12.9. The first-order valence-corrected chi connectivity index (χ1v) is 12.8. The van der Waals surface area contributed by atoms with Crippen LogP contribution in [0.15, 0.2) is 96.2 Å². The molecule has 0 saturated carbocycles. The number of nitrogens with zero attached hydrogens (tertiary/aromatic N) is 3. The molecule has 0 aliphatic carbocycles. The van der Waals surface area contributed by atoms with Crippen LogP contribution in [0.2, 0.25) is 0 Å². The van der Waals surface area contributed by atoms with E-state index in [2.05, 4.69) is 34.6 Å². The summed E-state index contributed by atoms with van der Waals surface area (Å²) in [7, 11) is 0. The van der Waals surface area contributed by atoms with Crippen molar-refractivity contribution in [1.82, 2.24) is 14.8 Å². The third-order valence-electron chi connectivity index (χ3n) is 5.75. The van der Waals surface area contributed by atoms with Crippen molar-refractivity contribution in [2.75, 3.05) is 17.7 Å².